The van der Waals surface area contributed by atoms with E-state index in [9.17, 15) is 15.2 Å². The maximum Gasteiger partial charge on any atom is 0.311 e. The summed E-state index contributed by atoms with van der Waals surface area (Å²) in [4.78, 5) is 10.6. The molecule has 0 aliphatic heterocycles. The number of aryl methyl sites for hydroxylation is 1. The van der Waals surface area contributed by atoms with Crippen molar-refractivity contribution in [2.24, 2.45) is 0 Å². The van der Waals surface area contributed by atoms with Gasteiger partial charge in [0.2, 0.25) is 5.75 Å². The summed E-state index contributed by atoms with van der Waals surface area (Å²) < 4.78 is 5.61. The molecule has 0 saturated heterocycles. The number of aliphatic hydroxyl groups excluding tert-OH is 1. The van der Waals surface area contributed by atoms with Crippen molar-refractivity contribution >= 4 is 17.3 Å². The molecule has 110 valence electrons. The third-order valence-electron chi connectivity index (χ3n) is 3.02. The highest BCUT2D eigenvalue weighted by Gasteiger charge is 2.18. The highest BCUT2D eigenvalue weighted by atomic mass is 35.5. The number of nitro groups is 1. The Hall–Kier alpha value is -2.11. The molecular formula is C15H14ClNO4. The molecule has 6 heteroatoms. The number of rotatable bonds is 4. The molecular weight excluding hydrogens is 294 g/mol. The first-order chi connectivity index (χ1) is 9.88. The van der Waals surface area contributed by atoms with Crippen LogP contribution in [0.2, 0.25) is 5.02 Å². The number of aliphatic hydroxyl groups is 1. The summed E-state index contributed by atoms with van der Waals surface area (Å²) in [6, 6.07) is 9.41. The summed E-state index contributed by atoms with van der Waals surface area (Å²) in [7, 11) is 0. The van der Waals surface area contributed by atoms with E-state index >= 15 is 0 Å². The molecule has 0 aliphatic carbocycles. The molecule has 5 nitrogen and oxygen atoms in total. The van der Waals surface area contributed by atoms with E-state index in [4.69, 9.17) is 16.3 Å². The predicted octanol–water partition coefficient (Wildman–Crippen LogP) is 4.40. The topological polar surface area (TPSA) is 72.6 Å². The van der Waals surface area contributed by atoms with Crippen LogP contribution in [-0.2, 0) is 0 Å². The number of hydrogen-bond donors (Lipinski definition) is 1. The van der Waals surface area contributed by atoms with Gasteiger partial charge in [-0.25, -0.2) is 0 Å². The molecule has 0 radical (unpaired) electrons. The fourth-order valence-corrected chi connectivity index (χ4v) is 2.10. The molecule has 1 N–H and O–H groups in total. The van der Waals surface area contributed by atoms with Crippen LogP contribution in [0.4, 0.5) is 5.69 Å². The number of nitro benzene ring substituents is 1. The zero-order chi connectivity index (χ0) is 15.6. The first-order valence-corrected chi connectivity index (χ1v) is 6.66. The van der Waals surface area contributed by atoms with Crippen molar-refractivity contribution in [1.82, 2.24) is 0 Å². The average Bonchev–Trinajstić information content (AvgIpc) is 2.41. The van der Waals surface area contributed by atoms with E-state index < -0.39 is 11.0 Å². The van der Waals surface area contributed by atoms with Gasteiger partial charge in [0.15, 0.2) is 0 Å². The quantitative estimate of drug-likeness (QED) is 0.671. The van der Waals surface area contributed by atoms with Crippen molar-refractivity contribution in [1.29, 1.82) is 0 Å². The lowest BCUT2D eigenvalue weighted by atomic mass is 10.1. The van der Waals surface area contributed by atoms with Crippen molar-refractivity contribution in [2.45, 2.75) is 20.0 Å². The van der Waals surface area contributed by atoms with E-state index in [1.165, 1.54) is 12.1 Å². The van der Waals surface area contributed by atoms with Crippen molar-refractivity contribution in [2.75, 3.05) is 0 Å². The van der Waals surface area contributed by atoms with Crippen LogP contribution in [0.3, 0.4) is 0 Å². The van der Waals surface area contributed by atoms with Gasteiger partial charge in [-0.05, 0) is 49.2 Å². The molecule has 0 unspecified atom stereocenters. The van der Waals surface area contributed by atoms with Gasteiger partial charge in [0, 0.05) is 11.1 Å². The van der Waals surface area contributed by atoms with Crippen LogP contribution in [0, 0.1) is 17.0 Å². The first kappa shape index (κ1) is 15.3. The molecule has 0 heterocycles. The lowest BCUT2D eigenvalue weighted by Crippen LogP contribution is -1.98. The van der Waals surface area contributed by atoms with Gasteiger partial charge in [-0.3, -0.25) is 10.1 Å². The molecule has 2 rings (SSSR count). The largest absolute Gasteiger partial charge is 0.450 e. The van der Waals surface area contributed by atoms with E-state index in [2.05, 4.69) is 0 Å². The van der Waals surface area contributed by atoms with E-state index in [-0.39, 0.29) is 11.4 Å². The monoisotopic (exact) mass is 307 g/mol. The van der Waals surface area contributed by atoms with Crippen LogP contribution in [0.15, 0.2) is 36.4 Å². The lowest BCUT2D eigenvalue weighted by molar-refractivity contribution is -0.385. The van der Waals surface area contributed by atoms with Crippen LogP contribution >= 0.6 is 11.6 Å². The minimum atomic E-state index is -0.782. The Labute approximate surface area is 126 Å². The molecule has 0 aliphatic rings. The molecule has 2 aromatic rings. The van der Waals surface area contributed by atoms with Crippen LogP contribution in [0.1, 0.15) is 24.2 Å². The van der Waals surface area contributed by atoms with Crippen LogP contribution in [0.5, 0.6) is 11.5 Å². The molecule has 0 saturated carbocycles. The number of nitrogens with zero attached hydrogens (tertiary/aromatic N) is 1. The normalized spacial score (nSPS) is 12.0. The summed E-state index contributed by atoms with van der Waals surface area (Å²) in [5.74, 6) is 0.613. The van der Waals surface area contributed by atoms with Gasteiger partial charge in [-0.2, -0.15) is 0 Å². The summed E-state index contributed by atoms with van der Waals surface area (Å²) in [5, 5.41) is 21.2. The van der Waals surface area contributed by atoms with Crippen LogP contribution in [0.25, 0.3) is 0 Å². The number of hydrogen-bond acceptors (Lipinski definition) is 4. The molecule has 2 aromatic carbocycles. The standard InChI is InChI=1S/C15H14ClNO4/c1-9-7-12(16)4-6-14(9)21-15-5-3-11(10(2)18)8-13(15)17(19)20/h3-8,10,18H,1-2H3/t10-/m0/s1. The minimum Gasteiger partial charge on any atom is -0.450 e. The second kappa shape index (κ2) is 6.11. The van der Waals surface area contributed by atoms with Gasteiger partial charge >= 0.3 is 5.69 Å². The molecule has 21 heavy (non-hydrogen) atoms. The Balaban J connectivity index is 2.41. The van der Waals surface area contributed by atoms with E-state index in [0.717, 1.165) is 5.56 Å². The second-order valence-corrected chi connectivity index (χ2v) is 5.11. The third kappa shape index (κ3) is 3.51. The second-order valence-electron chi connectivity index (χ2n) is 4.67. The number of benzene rings is 2. The Kier molecular flexibility index (Phi) is 4.45. The highest BCUT2D eigenvalue weighted by Crippen LogP contribution is 2.35. The van der Waals surface area contributed by atoms with Gasteiger partial charge in [-0.15, -0.1) is 0 Å². The highest BCUT2D eigenvalue weighted by molar-refractivity contribution is 6.30. The average molecular weight is 308 g/mol. The van der Waals surface area contributed by atoms with Crippen LogP contribution in [-0.4, -0.2) is 10.0 Å². The van der Waals surface area contributed by atoms with Crippen molar-refractivity contribution in [3.63, 3.8) is 0 Å². The Morgan fingerprint density at radius 2 is 1.90 bits per heavy atom. The lowest BCUT2D eigenvalue weighted by Gasteiger charge is -2.11. The van der Waals surface area contributed by atoms with Gasteiger partial charge in [0.25, 0.3) is 0 Å². The molecule has 0 spiro atoms. The van der Waals surface area contributed by atoms with E-state index in [1.54, 1.807) is 38.1 Å². The zero-order valence-corrected chi connectivity index (χ0v) is 12.3. The molecule has 0 bridgehead atoms. The Morgan fingerprint density at radius 1 is 1.24 bits per heavy atom. The zero-order valence-electron chi connectivity index (χ0n) is 11.5. The smallest absolute Gasteiger partial charge is 0.311 e. The molecule has 0 aromatic heterocycles. The van der Waals surface area contributed by atoms with Gasteiger partial charge in [0.05, 0.1) is 11.0 Å². The summed E-state index contributed by atoms with van der Waals surface area (Å²) in [5.41, 5.74) is 1.04. The van der Waals surface area contributed by atoms with E-state index in [1.807, 2.05) is 0 Å². The summed E-state index contributed by atoms with van der Waals surface area (Å²) >= 11 is 5.87. The van der Waals surface area contributed by atoms with Gasteiger partial charge in [0.1, 0.15) is 5.75 Å². The maximum atomic E-state index is 11.1. The number of halogens is 1. The van der Waals surface area contributed by atoms with Crippen molar-refractivity contribution in [3.8, 4) is 11.5 Å². The Morgan fingerprint density at radius 3 is 2.48 bits per heavy atom. The van der Waals surface area contributed by atoms with Gasteiger partial charge < -0.3 is 9.84 Å². The van der Waals surface area contributed by atoms with Crippen molar-refractivity contribution < 1.29 is 14.8 Å². The predicted molar refractivity (Wildman–Crippen MR) is 80.0 cm³/mol. The third-order valence-corrected chi connectivity index (χ3v) is 3.25. The number of ether oxygens (including phenoxy) is 1. The summed E-state index contributed by atoms with van der Waals surface area (Å²) in [6.45, 7) is 3.35. The SMILES string of the molecule is Cc1cc(Cl)ccc1Oc1ccc([C@H](C)O)cc1[N+](=O)[O-]. The van der Waals surface area contributed by atoms with Gasteiger partial charge in [-0.1, -0.05) is 17.7 Å². The molecule has 0 fully saturated rings. The van der Waals surface area contributed by atoms with Crippen LogP contribution < -0.4 is 4.74 Å². The fourth-order valence-electron chi connectivity index (χ4n) is 1.87. The van der Waals surface area contributed by atoms with E-state index in [0.29, 0.717) is 16.3 Å². The fraction of sp³-hybridized carbons (Fsp3) is 0.200. The minimum absolute atomic E-state index is 0.120. The Bertz CT molecular complexity index is 685. The van der Waals surface area contributed by atoms with Crippen molar-refractivity contribution in [3.05, 3.63) is 62.7 Å². The maximum absolute atomic E-state index is 11.1. The molecule has 1 atom stereocenters. The molecule has 0 amide bonds. The first-order valence-electron chi connectivity index (χ1n) is 6.29. The summed E-state index contributed by atoms with van der Waals surface area (Å²) in [6.07, 6.45) is -0.782.